The van der Waals surface area contributed by atoms with Crippen molar-refractivity contribution in [1.29, 1.82) is 0 Å². The van der Waals surface area contributed by atoms with E-state index in [1.165, 1.54) is 4.31 Å². The second-order valence-electron chi connectivity index (χ2n) is 8.94. The molecule has 5 nitrogen and oxygen atoms in total. The number of likely N-dealkylation sites (tertiary alicyclic amines) is 1. The third kappa shape index (κ3) is 5.29. The van der Waals surface area contributed by atoms with Gasteiger partial charge in [-0.3, -0.25) is 9.10 Å². The first-order valence-electron chi connectivity index (χ1n) is 11.5. The summed E-state index contributed by atoms with van der Waals surface area (Å²) in [4.78, 5) is 15.5. The molecular formula is C27H29ClN2O3S. The van der Waals surface area contributed by atoms with Crippen molar-refractivity contribution in [3.8, 4) is 0 Å². The maximum Gasteiger partial charge on any atom is 0.264 e. The van der Waals surface area contributed by atoms with Crippen LogP contribution in [-0.2, 0) is 16.6 Å². The van der Waals surface area contributed by atoms with Gasteiger partial charge in [0.05, 0.1) is 22.7 Å². The molecule has 1 aliphatic heterocycles. The van der Waals surface area contributed by atoms with Gasteiger partial charge in [-0.1, -0.05) is 60.5 Å². The van der Waals surface area contributed by atoms with Gasteiger partial charge in [-0.05, 0) is 67.6 Å². The van der Waals surface area contributed by atoms with Crippen molar-refractivity contribution in [3.05, 3.63) is 94.5 Å². The normalized spacial score (nSPS) is 14.7. The Morgan fingerprint density at radius 1 is 0.971 bits per heavy atom. The molecule has 178 valence electrons. The summed E-state index contributed by atoms with van der Waals surface area (Å²) in [6, 6.07) is 20.8. The van der Waals surface area contributed by atoms with E-state index in [-0.39, 0.29) is 17.3 Å². The average molecular weight is 497 g/mol. The Balaban J connectivity index is 1.78. The fraction of sp³-hybridized carbons (Fsp3) is 0.296. The molecule has 0 aliphatic carbocycles. The third-order valence-electron chi connectivity index (χ3n) is 6.32. The molecule has 1 aliphatic rings. The molecule has 34 heavy (non-hydrogen) atoms. The lowest BCUT2D eigenvalue weighted by molar-refractivity contribution is 0.0698. The predicted octanol–water partition coefficient (Wildman–Crippen LogP) is 5.92. The fourth-order valence-corrected chi connectivity index (χ4v) is 5.74. The van der Waals surface area contributed by atoms with E-state index >= 15 is 0 Å². The highest BCUT2D eigenvalue weighted by atomic mass is 35.5. The number of amides is 1. The molecule has 3 aromatic rings. The van der Waals surface area contributed by atoms with Crippen molar-refractivity contribution in [2.24, 2.45) is 5.92 Å². The van der Waals surface area contributed by atoms with Gasteiger partial charge in [0.1, 0.15) is 0 Å². The van der Waals surface area contributed by atoms with Gasteiger partial charge in [-0.2, -0.15) is 0 Å². The molecule has 0 bridgehead atoms. The molecule has 0 aromatic heterocycles. The highest BCUT2D eigenvalue weighted by Gasteiger charge is 2.30. The van der Waals surface area contributed by atoms with Crippen LogP contribution in [0, 0.1) is 12.8 Å². The molecule has 1 heterocycles. The number of carbonyl (C=O) groups is 1. The first-order chi connectivity index (χ1) is 16.3. The van der Waals surface area contributed by atoms with Crippen LogP contribution in [0.2, 0.25) is 5.02 Å². The number of carbonyl (C=O) groups excluding carboxylic acids is 1. The second-order valence-corrected chi connectivity index (χ2v) is 11.2. The van der Waals surface area contributed by atoms with Crippen molar-refractivity contribution in [2.75, 3.05) is 17.4 Å². The van der Waals surface area contributed by atoms with Crippen LogP contribution < -0.4 is 4.31 Å². The van der Waals surface area contributed by atoms with Gasteiger partial charge in [-0.15, -0.1) is 0 Å². The van der Waals surface area contributed by atoms with Gasteiger partial charge < -0.3 is 4.90 Å². The van der Waals surface area contributed by atoms with Crippen LogP contribution in [0.1, 0.15) is 41.3 Å². The summed E-state index contributed by atoms with van der Waals surface area (Å²) in [5.74, 6) is 0.449. The van der Waals surface area contributed by atoms with Gasteiger partial charge in [0, 0.05) is 18.1 Å². The molecule has 3 aromatic carbocycles. The molecule has 0 N–H and O–H groups in total. The highest BCUT2D eigenvalue weighted by Crippen LogP contribution is 2.31. The van der Waals surface area contributed by atoms with Gasteiger partial charge in [0.15, 0.2) is 0 Å². The molecule has 0 unspecified atom stereocenters. The lowest BCUT2D eigenvalue weighted by atomic mass is 9.98. The van der Waals surface area contributed by atoms with E-state index in [9.17, 15) is 13.2 Å². The van der Waals surface area contributed by atoms with Gasteiger partial charge in [0.2, 0.25) is 0 Å². The first-order valence-corrected chi connectivity index (χ1v) is 13.3. The average Bonchev–Trinajstić information content (AvgIpc) is 2.84. The van der Waals surface area contributed by atoms with Gasteiger partial charge >= 0.3 is 0 Å². The second kappa shape index (κ2) is 10.2. The zero-order valence-corrected chi connectivity index (χ0v) is 21.0. The van der Waals surface area contributed by atoms with Crippen LogP contribution in [0.3, 0.4) is 0 Å². The molecule has 1 amide bonds. The molecule has 4 rings (SSSR count). The van der Waals surface area contributed by atoms with E-state index in [0.29, 0.717) is 35.3 Å². The van der Waals surface area contributed by atoms with Crippen molar-refractivity contribution in [3.63, 3.8) is 0 Å². The number of rotatable bonds is 6. The van der Waals surface area contributed by atoms with Crippen molar-refractivity contribution in [2.45, 2.75) is 38.1 Å². The fourth-order valence-electron chi connectivity index (χ4n) is 4.15. The highest BCUT2D eigenvalue weighted by molar-refractivity contribution is 7.92. The molecule has 1 fully saturated rings. The zero-order chi connectivity index (χ0) is 24.3. The minimum atomic E-state index is -3.95. The third-order valence-corrected chi connectivity index (χ3v) is 8.35. The van der Waals surface area contributed by atoms with E-state index in [0.717, 1.165) is 24.0 Å². The summed E-state index contributed by atoms with van der Waals surface area (Å²) in [5, 5.41) is 0.576. The Morgan fingerprint density at radius 2 is 1.59 bits per heavy atom. The number of aryl methyl sites for hydroxylation is 1. The number of sulfonamides is 1. The molecule has 1 saturated heterocycles. The van der Waals surface area contributed by atoms with Crippen molar-refractivity contribution in [1.82, 2.24) is 4.90 Å². The molecule has 0 spiro atoms. The SMILES string of the molecule is Cc1ccc(S(=O)(=O)N(Cc2ccc(Cl)cc2)c2ccccc2C(=O)N2CCC(C)CC2)cc1. The molecule has 0 saturated carbocycles. The summed E-state index contributed by atoms with van der Waals surface area (Å²) in [5.41, 5.74) is 2.51. The van der Waals surface area contributed by atoms with Crippen molar-refractivity contribution >= 4 is 33.2 Å². The number of anilines is 1. The Kier molecular flexibility index (Phi) is 7.29. The largest absolute Gasteiger partial charge is 0.339 e. The van der Waals surface area contributed by atoms with E-state index in [2.05, 4.69) is 6.92 Å². The van der Waals surface area contributed by atoms with E-state index in [1.807, 2.05) is 11.8 Å². The quantitative estimate of drug-likeness (QED) is 0.426. The number of piperidine rings is 1. The predicted molar refractivity (Wildman–Crippen MR) is 137 cm³/mol. The van der Waals surface area contributed by atoms with E-state index in [1.54, 1.807) is 72.8 Å². The van der Waals surface area contributed by atoms with Crippen LogP contribution in [0.4, 0.5) is 5.69 Å². The Bertz CT molecular complexity index is 1250. The molecule has 7 heteroatoms. The van der Waals surface area contributed by atoms with Crippen LogP contribution in [-0.4, -0.2) is 32.3 Å². The van der Waals surface area contributed by atoms with Crippen LogP contribution in [0.15, 0.2) is 77.7 Å². The number of para-hydroxylation sites is 1. The monoisotopic (exact) mass is 496 g/mol. The summed E-state index contributed by atoms with van der Waals surface area (Å²) in [7, 11) is -3.95. The summed E-state index contributed by atoms with van der Waals surface area (Å²) in [6.07, 6.45) is 1.90. The summed E-state index contributed by atoms with van der Waals surface area (Å²) < 4.78 is 29.1. The first kappa shape index (κ1) is 24.3. The van der Waals surface area contributed by atoms with E-state index in [4.69, 9.17) is 11.6 Å². The minimum absolute atomic E-state index is 0.0781. The Hall–Kier alpha value is -2.83. The van der Waals surface area contributed by atoms with Gasteiger partial charge in [-0.25, -0.2) is 8.42 Å². The topological polar surface area (TPSA) is 57.7 Å². The Labute approximate surface area is 207 Å². The maximum absolute atomic E-state index is 13.9. The van der Waals surface area contributed by atoms with E-state index < -0.39 is 10.0 Å². The van der Waals surface area contributed by atoms with Crippen molar-refractivity contribution < 1.29 is 13.2 Å². The summed E-state index contributed by atoms with van der Waals surface area (Å²) >= 11 is 6.05. The van der Waals surface area contributed by atoms with Crippen LogP contribution in [0.25, 0.3) is 0 Å². The summed E-state index contributed by atoms with van der Waals surface area (Å²) in [6.45, 7) is 5.54. The number of hydrogen-bond acceptors (Lipinski definition) is 3. The lowest BCUT2D eigenvalue weighted by Gasteiger charge is -2.32. The number of hydrogen-bond donors (Lipinski definition) is 0. The number of halogens is 1. The minimum Gasteiger partial charge on any atom is -0.339 e. The van der Waals surface area contributed by atoms with Crippen LogP contribution in [0.5, 0.6) is 0 Å². The molecule has 0 radical (unpaired) electrons. The zero-order valence-electron chi connectivity index (χ0n) is 19.4. The maximum atomic E-state index is 13.9. The standard InChI is InChI=1S/C27H29ClN2O3S/c1-20-7-13-24(14-8-20)34(32,33)30(19-22-9-11-23(28)12-10-22)26-6-4-3-5-25(26)27(31)29-17-15-21(2)16-18-29/h3-14,21H,15-19H2,1-2H3. The molecule has 0 atom stereocenters. The smallest absolute Gasteiger partial charge is 0.264 e. The van der Waals surface area contributed by atoms with Crippen LogP contribution >= 0.6 is 11.6 Å². The number of nitrogens with zero attached hydrogens (tertiary/aromatic N) is 2. The van der Waals surface area contributed by atoms with Gasteiger partial charge in [0.25, 0.3) is 15.9 Å². The lowest BCUT2D eigenvalue weighted by Crippen LogP contribution is -2.39. The number of benzene rings is 3. The molecular weight excluding hydrogens is 468 g/mol. The Morgan fingerprint density at radius 3 is 2.24 bits per heavy atom.